The van der Waals surface area contributed by atoms with E-state index in [1.165, 1.54) is 17.7 Å². The number of pyridine rings is 1. The quantitative estimate of drug-likeness (QED) is 0.606. The molecule has 10 heteroatoms. The molecule has 1 amide bonds. The maximum absolute atomic E-state index is 13.1. The first kappa shape index (κ1) is 19.5. The summed E-state index contributed by atoms with van der Waals surface area (Å²) in [4.78, 5) is 29.2. The van der Waals surface area contributed by atoms with Crippen LogP contribution in [0.2, 0.25) is 0 Å². The Balaban J connectivity index is 1.32. The number of aromatic nitrogens is 5. The molecule has 5 heterocycles. The summed E-state index contributed by atoms with van der Waals surface area (Å²) < 4.78 is 8.51. The normalized spacial score (nSPS) is 20.5. The van der Waals surface area contributed by atoms with Crippen molar-refractivity contribution < 1.29 is 9.53 Å². The van der Waals surface area contributed by atoms with Gasteiger partial charge < -0.3 is 19.1 Å². The van der Waals surface area contributed by atoms with Gasteiger partial charge >= 0.3 is 0 Å². The van der Waals surface area contributed by atoms with Gasteiger partial charge in [-0.05, 0) is 12.1 Å². The third-order valence-electron chi connectivity index (χ3n) is 6.37. The van der Waals surface area contributed by atoms with Crippen molar-refractivity contribution in [1.82, 2.24) is 29.3 Å². The molecule has 0 bridgehead atoms. The number of methoxy groups -OCH3 is 1. The van der Waals surface area contributed by atoms with Gasteiger partial charge in [0, 0.05) is 63.7 Å². The summed E-state index contributed by atoms with van der Waals surface area (Å²) in [6.45, 7) is 5.10. The summed E-state index contributed by atoms with van der Waals surface area (Å²) in [5.74, 6) is 2.75. The van der Waals surface area contributed by atoms with E-state index in [2.05, 4.69) is 15.1 Å². The van der Waals surface area contributed by atoms with Crippen molar-refractivity contribution >= 4 is 17.4 Å². The van der Waals surface area contributed by atoms with Gasteiger partial charge in [-0.1, -0.05) is 6.92 Å². The van der Waals surface area contributed by atoms with Crippen LogP contribution >= 0.6 is 0 Å². The Bertz CT molecular complexity index is 1200. The van der Waals surface area contributed by atoms with Gasteiger partial charge in [-0.25, -0.2) is 0 Å². The first-order valence-electron chi connectivity index (χ1n) is 10.5. The Morgan fingerprint density at radius 3 is 2.58 bits per heavy atom. The van der Waals surface area contributed by atoms with Crippen LogP contribution in [-0.2, 0) is 13.5 Å². The first-order chi connectivity index (χ1) is 15.0. The van der Waals surface area contributed by atoms with Crippen LogP contribution in [0.3, 0.4) is 0 Å². The highest BCUT2D eigenvalue weighted by atomic mass is 16.5. The van der Waals surface area contributed by atoms with E-state index < -0.39 is 0 Å². The molecule has 0 radical (unpaired) electrons. The maximum atomic E-state index is 13.1. The van der Waals surface area contributed by atoms with Crippen molar-refractivity contribution in [2.75, 3.05) is 38.2 Å². The number of likely N-dealkylation sites (tertiary alicyclic amines) is 1. The molecule has 2 aliphatic heterocycles. The van der Waals surface area contributed by atoms with E-state index in [-0.39, 0.29) is 11.5 Å². The maximum Gasteiger partial charge on any atom is 0.259 e. The van der Waals surface area contributed by atoms with Crippen molar-refractivity contribution in [3.8, 4) is 5.75 Å². The fraction of sp³-hybridized carbons (Fsp3) is 0.476. The number of hydrogen-bond acceptors (Lipinski definition) is 7. The second-order valence-corrected chi connectivity index (χ2v) is 8.27. The molecule has 2 atom stereocenters. The second-order valence-electron chi connectivity index (χ2n) is 8.27. The zero-order valence-corrected chi connectivity index (χ0v) is 17.9. The van der Waals surface area contributed by atoms with E-state index in [4.69, 9.17) is 9.84 Å². The zero-order valence-electron chi connectivity index (χ0n) is 17.9. The van der Waals surface area contributed by atoms with E-state index in [1.54, 1.807) is 13.2 Å². The average Bonchev–Trinajstić information content (AvgIpc) is 3.47. The Labute approximate surface area is 179 Å². The average molecular weight is 423 g/mol. The van der Waals surface area contributed by atoms with Crippen molar-refractivity contribution in [2.45, 2.75) is 13.3 Å². The highest BCUT2D eigenvalue weighted by molar-refractivity contribution is 5.96. The first-order valence-corrected chi connectivity index (χ1v) is 10.5. The SMILES string of the molecule is CCc1nnc2ccc(N3CC4CN(C(=O)c5cn(C)c(=O)cc5OC)CC4C3)nn12. The smallest absolute Gasteiger partial charge is 0.259 e. The molecule has 162 valence electrons. The van der Waals surface area contributed by atoms with Crippen molar-refractivity contribution in [2.24, 2.45) is 18.9 Å². The number of hydrogen-bond donors (Lipinski definition) is 0. The summed E-state index contributed by atoms with van der Waals surface area (Å²) in [5, 5.41) is 13.1. The van der Waals surface area contributed by atoms with Crippen molar-refractivity contribution in [1.29, 1.82) is 0 Å². The number of carbonyl (C=O) groups is 1. The zero-order chi connectivity index (χ0) is 21.7. The van der Waals surface area contributed by atoms with Crippen LogP contribution in [0.25, 0.3) is 5.65 Å². The molecular weight excluding hydrogens is 398 g/mol. The predicted molar refractivity (Wildman–Crippen MR) is 113 cm³/mol. The minimum Gasteiger partial charge on any atom is -0.496 e. The molecule has 2 aliphatic rings. The van der Waals surface area contributed by atoms with Gasteiger partial charge in [-0.3, -0.25) is 9.59 Å². The summed E-state index contributed by atoms with van der Waals surface area (Å²) in [5.41, 5.74) is 0.974. The molecule has 0 spiro atoms. The lowest BCUT2D eigenvalue weighted by molar-refractivity contribution is 0.0778. The standard InChI is InChI=1S/C21H25N7O3/c1-4-17-22-23-18-5-6-19(24-28(17)18)26-8-13-10-27(11-14(13)9-26)21(30)15-12-25(2)20(29)7-16(15)31-3/h5-7,12-14H,4,8-11H2,1-3H3. The topological polar surface area (TPSA) is 97.9 Å². The molecule has 2 fully saturated rings. The third kappa shape index (κ3) is 3.22. The molecule has 3 aromatic rings. The van der Waals surface area contributed by atoms with Crippen molar-refractivity contribution in [3.05, 3.63) is 46.1 Å². The monoisotopic (exact) mass is 423 g/mol. The van der Waals surface area contributed by atoms with E-state index >= 15 is 0 Å². The molecule has 2 unspecified atom stereocenters. The van der Waals surface area contributed by atoms with Crippen LogP contribution in [0, 0.1) is 11.8 Å². The summed E-state index contributed by atoms with van der Waals surface area (Å²) in [7, 11) is 3.12. The fourth-order valence-electron chi connectivity index (χ4n) is 4.67. The number of fused-ring (bicyclic) bond motifs is 2. The number of anilines is 1. The van der Waals surface area contributed by atoms with Gasteiger partial charge in [0.15, 0.2) is 11.5 Å². The molecule has 10 nitrogen and oxygen atoms in total. The van der Waals surface area contributed by atoms with E-state index in [0.29, 0.717) is 36.2 Å². The lowest BCUT2D eigenvalue weighted by Crippen LogP contribution is -2.34. The summed E-state index contributed by atoms with van der Waals surface area (Å²) in [6.07, 6.45) is 2.34. The van der Waals surface area contributed by atoms with Crippen LogP contribution < -0.4 is 15.2 Å². The number of rotatable bonds is 4. The van der Waals surface area contributed by atoms with Crippen LogP contribution in [0.15, 0.2) is 29.2 Å². The van der Waals surface area contributed by atoms with Gasteiger partial charge in [0.2, 0.25) is 0 Å². The van der Waals surface area contributed by atoms with Gasteiger partial charge in [-0.15, -0.1) is 15.3 Å². The van der Waals surface area contributed by atoms with Crippen LogP contribution in [-0.4, -0.2) is 68.5 Å². The van der Waals surface area contributed by atoms with E-state index in [0.717, 1.165) is 36.8 Å². The number of nitrogens with zero attached hydrogens (tertiary/aromatic N) is 7. The highest BCUT2D eigenvalue weighted by Gasteiger charge is 2.42. The number of ether oxygens (including phenoxy) is 1. The fourth-order valence-corrected chi connectivity index (χ4v) is 4.67. The van der Waals surface area contributed by atoms with Crippen LogP contribution in [0.1, 0.15) is 23.1 Å². The Morgan fingerprint density at radius 1 is 1.16 bits per heavy atom. The van der Waals surface area contributed by atoms with Gasteiger partial charge in [0.1, 0.15) is 11.6 Å². The molecule has 0 aromatic carbocycles. The highest BCUT2D eigenvalue weighted by Crippen LogP contribution is 2.34. The largest absolute Gasteiger partial charge is 0.496 e. The molecule has 0 aliphatic carbocycles. The Hall–Kier alpha value is -3.43. The van der Waals surface area contributed by atoms with Crippen LogP contribution in [0.5, 0.6) is 5.75 Å². The van der Waals surface area contributed by atoms with E-state index in [1.807, 2.05) is 28.5 Å². The molecule has 3 aromatic heterocycles. The van der Waals surface area contributed by atoms with Gasteiger partial charge in [-0.2, -0.15) is 4.52 Å². The van der Waals surface area contributed by atoms with Crippen molar-refractivity contribution in [3.63, 3.8) is 0 Å². The number of amides is 1. The number of carbonyl (C=O) groups excluding carboxylic acids is 1. The summed E-state index contributed by atoms with van der Waals surface area (Å²) in [6, 6.07) is 5.30. The molecule has 31 heavy (non-hydrogen) atoms. The lowest BCUT2D eigenvalue weighted by Gasteiger charge is -2.23. The minimum absolute atomic E-state index is 0.0926. The Morgan fingerprint density at radius 2 is 1.90 bits per heavy atom. The van der Waals surface area contributed by atoms with Gasteiger partial charge in [0.25, 0.3) is 11.5 Å². The molecule has 5 rings (SSSR count). The number of aryl methyl sites for hydroxylation is 2. The Kier molecular flexibility index (Phi) is 4.64. The van der Waals surface area contributed by atoms with Gasteiger partial charge in [0.05, 0.1) is 12.7 Å². The van der Waals surface area contributed by atoms with E-state index in [9.17, 15) is 9.59 Å². The second kappa shape index (κ2) is 7.36. The molecule has 0 saturated carbocycles. The minimum atomic E-state index is -0.203. The summed E-state index contributed by atoms with van der Waals surface area (Å²) >= 11 is 0. The predicted octanol–water partition coefficient (Wildman–Crippen LogP) is 0.602. The third-order valence-corrected chi connectivity index (χ3v) is 6.37. The van der Waals surface area contributed by atoms with Crippen LogP contribution in [0.4, 0.5) is 5.82 Å². The molecule has 2 saturated heterocycles. The molecule has 0 N–H and O–H groups in total. The molecular formula is C21H25N7O3. The lowest BCUT2D eigenvalue weighted by atomic mass is 10.0.